The molecule has 1 fully saturated rings. The third-order valence-corrected chi connectivity index (χ3v) is 3.59. The number of non-ortho nitro benzene ring substituents is 1. The molecular weight excluding hydrogens is 268 g/mol. The van der Waals surface area contributed by atoms with Crippen LogP contribution in [0.3, 0.4) is 0 Å². The van der Waals surface area contributed by atoms with Gasteiger partial charge in [0.05, 0.1) is 4.92 Å². The molecule has 6 heteroatoms. The van der Waals surface area contributed by atoms with Crippen molar-refractivity contribution in [1.82, 2.24) is 10.3 Å². The highest BCUT2D eigenvalue weighted by molar-refractivity contribution is 5.76. The summed E-state index contributed by atoms with van der Waals surface area (Å²) in [6, 6.07) is 10.5. The monoisotopic (exact) mass is 284 g/mol. The SMILES string of the molecule is O=[N+]([O-])c1ccc(-c2cccnc2N2CCNCC2)cc1. The molecule has 1 aromatic heterocycles. The molecule has 0 saturated carbocycles. The van der Waals surface area contributed by atoms with Crippen molar-refractivity contribution in [2.45, 2.75) is 0 Å². The third-order valence-electron chi connectivity index (χ3n) is 3.59. The molecule has 0 atom stereocenters. The number of nitrogens with one attached hydrogen (secondary N) is 1. The molecule has 3 rings (SSSR count). The summed E-state index contributed by atoms with van der Waals surface area (Å²) in [7, 11) is 0. The van der Waals surface area contributed by atoms with E-state index >= 15 is 0 Å². The van der Waals surface area contributed by atoms with Gasteiger partial charge in [0.25, 0.3) is 5.69 Å². The summed E-state index contributed by atoms with van der Waals surface area (Å²) in [5.41, 5.74) is 2.06. The molecule has 2 heterocycles. The number of nitro benzene ring substituents is 1. The lowest BCUT2D eigenvalue weighted by molar-refractivity contribution is -0.384. The third kappa shape index (κ3) is 2.85. The van der Waals surface area contributed by atoms with Crippen molar-refractivity contribution in [2.75, 3.05) is 31.1 Å². The Kier molecular flexibility index (Phi) is 3.79. The van der Waals surface area contributed by atoms with Crippen molar-refractivity contribution in [3.8, 4) is 11.1 Å². The largest absolute Gasteiger partial charge is 0.354 e. The van der Waals surface area contributed by atoms with Crippen LogP contribution in [0.2, 0.25) is 0 Å². The number of anilines is 1. The molecule has 1 N–H and O–H groups in total. The number of benzene rings is 1. The van der Waals surface area contributed by atoms with E-state index in [0.717, 1.165) is 43.1 Å². The fourth-order valence-corrected chi connectivity index (χ4v) is 2.51. The Morgan fingerprint density at radius 2 is 1.86 bits per heavy atom. The minimum absolute atomic E-state index is 0.103. The Morgan fingerprint density at radius 3 is 2.52 bits per heavy atom. The molecule has 1 aliphatic rings. The molecule has 0 bridgehead atoms. The summed E-state index contributed by atoms with van der Waals surface area (Å²) >= 11 is 0. The highest BCUT2D eigenvalue weighted by Crippen LogP contribution is 2.30. The van der Waals surface area contributed by atoms with Gasteiger partial charge in [0.1, 0.15) is 5.82 Å². The van der Waals surface area contributed by atoms with Crippen molar-refractivity contribution >= 4 is 11.5 Å². The van der Waals surface area contributed by atoms with Gasteiger partial charge in [0.2, 0.25) is 0 Å². The lowest BCUT2D eigenvalue weighted by Crippen LogP contribution is -2.44. The molecular formula is C15H16N4O2. The van der Waals surface area contributed by atoms with Crippen LogP contribution >= 0.6 is 0 Å². The number of hydrogen-bond donors (Lipinski definition) is 1. The molecule has 0 spiro atoms. The maximum absolute atomic E-state index is 10.7. The van der Waals surface area contributed by atoms with Gasteiger partial charge in [-0.3, -0.25) is 10.1 Å². The number of rotatable bonds is 3. The lowest BCUT2D eigenvalue weighted by Gasteiger charge is -2.30. The second-order valence-corrected chi connectivity index (χ2v) is 4.92. The van der Waals surface area contributed by atoms with Gasteiger partial charge in [0.15, 0.2) is 0 Å². The van der Waals surface area contributed by atoms with Crippen molar-refractivity contribution in [2.24, 2.45) is 0 Å². The average Bonchev–Trinajstić information content (AvgIpc) is 2.56. The molecule has 6 nitrogen and oxygen atoms in total. The van der Waals surface area contributed by atoms with Gasteiger partial charge in [-0.05, 0) is 29.8 Å². The number of nitro groups is 1. The first-order valence-corrected chi connectivity index (χ1v) is 6.91. The van der Waals surface area contributed by atoms with E-state index < -0.39 is 0 Å². The summed E-state index contributed by atoms with van der Waals surface area (Å²) in [4.78, 5) is 17.1. The van der Waals surface area contributed by atoms with Crippen LogP contribution in [0.25, 0.3) is 11.1 Å². The Labute approximate surface area is 122 Å². The van der Waals surface area contributed by atoms with Crippen LogP contribution in [0.5, 0.6) is 0 Å². The molecule has 21 heavy (non-hydrogen) atoms. The zero-order chi connectivity index (χ0) is 14.7. The van der Waals surface area contributed by atoms with Crippen molar-refractivity contribution in [1.29, 1.82) is 0 Å². The number of piperazine rings is 1. The van der Waals surface area contributed by atoms with Crippen LogP contribution in [-0.4, -0.2) is 36.1 Å². The van der Waals surface area contributed by atoms with Gasteiger partial charge in [-0.2, -0.15) is 0 Å². The van der Waals surface area contributed by atoms with Gasteiger partial charge in [-0.1, -0.05) is 0 Å². The zero-order valence-electron chi connectivity index (χ0n) is 11.5. The minimum atomic E-state index is -0.385. The van der Waals surface area contributed by atoms with E-state index in [-0.39, 0.29) is 10.6 Å². The first-order chi connectivity index (χ1) is 10.3. The summed E-state index contributed by atoms with van der Waals surface area (Å²) < 4.78 is 0. The number of pyridine rings is 1. The molecule has 0 radical (unpaired) electrons. The summed E-state index contributed by atoms with van der Waals surface area (Å²) in [6.07, 6.45) is 1.78. The van der Waals surface area contributed by atoms with E-state index in [9.17, 15) is 10.1 Å². The van der Waals surface area contributed by atoms with Crippen molar-refractivity contribution in [3.05, 3.63) is 52.7 Å². The lowest BCUT2D eigenvalue weighted by atomic mass is 10.1. The van der Waals surface area contributed by atoms with Gasteiger partial charge in [-0.25, -0.2) is 4.98 Å². The first-order valence-electron chi connectivity index (χ1n) is 6.91. The second-order valence-electron chi connectivity index (χ2n) is 4.92. The zero-order valence-corrected chi connectivity index (χ0v) is 11.5. The topological polar surface area (TPSA) is 71.3 Å². The van der Waals surface area contributed by atoms with Crippen LogP contribution in [0.4, 0.5) is 11.5 Å². The van der Waals surface area contributed by atoms with E-state index in [1.54, 1.807) is 18.3 Å². The smallest absolute Gasteiger partial charge is 0.269 e. The van der Waals surface area contributed by atoms with Crippen LogP contribution < -0.4 is 10.2 Å². The average molecular weight is 284 g/mol. The summed E-state index contributed by atoms with van der Waals surface area (Å²) in [5, 5.41) is 14.1. The van der Waals surface area contributed by atoms with Gasteiger partial charge < -0.3 is 10.2 Å². The summed E-state index contributed by atoms with van der Waals surface area (Å²) in [5.74, 6) is 0.938. The predicted octanol–water partition coefficient (Wildman–Crippen LogP) is 2.07. The second kappa shape index (κ2) is 5.88. The summed E-state index contributed by atoms with van der Waals surface area (Å²) in [6.45, 7) is 3.71. The highest BCUT2D eigenvalue weighted by Gasteiger charge is 2.16. The van der Waals surface area contributed by atoms with Gasteiger partial charge in [0, 0.05) is 50.1 Å². The molecule has 1 aliphatic heterocycles. The normalized spacial score (nSPS) is 15.0. The van der Waals surface area contributed by atoms with Crippen LogP contribution in [0.15, 0.2) is 42.6 Å². The van der Waals surface area contributed by atoms with Crippen molar-refractivity contribution < 1.29 is 4.92 Å². The van der Waals surface area contributed by atoms with E-state index in [4.69, 9.17) is 0 Å². The molecule has 1 aromatic carbocycles. The number of aromatic nitrogens is 1. The number of nitrogens with zero attached hydrogens (tertiary/aromatic N) is 3. The molecule has 2 aromatic rings. The predicted molar refractivity (Wildman–Crippen MR) is 81.4 cm³/mol. The van der Waals surface area contributed by atoms with Crippen LogP contribution in [0.1, 0.15) is 0 Å². The van der Waals surface area contributed by atoms with E-state index in [0.29, 0.717) is 0 Å². The maximum atomic E-state index is 10.7. The fraction of sp³-hybridized carbons (Fsp3) is 0.267. The first kappa shape index (κ1) is 13.5. The molecule has 0 amide bonds. The van der Waals surface area contributed by atoms with E-state index in [1.165, 1.54) is 12.1 Å². The van der Waals surface area contributed by atoms with E-state index in [2.05, 4.69) is 15.2 Å². The standard InChI is InChI=1S/C15H16N4O2/c20-19(21)13-5-3-12(4-6-13)14-2-1-7-17-15(14)18-10-8-16-9-11-18/h1-7,16H,8-11H2. The molecule has 1 saturated heterocycles. The van der Waals surface area contributed by atoms with Gasteiger partial charge >= 0.3 is 0 Å². The van der Waals surface area contributed by atoms with Crippen molar-refractivity contribution in [3.63, 3.8) is 0 Å². The Bertz CT molecular complexity index is 636. The Hall–Kier alpha value is -2.47. The van der Waals surface area contributed by atoms with Gasteiger partial charge in [-0.15, -0.1) is 0 Å². The van der Waals surface area contributed by atoms with Crippen LogP contribution in [-0.2, 0) is 0 Å². The molecule has 0 aliphatic carbocycles. The number of hydrogen-bond acceptors (Lipinski definition) is 5. The Balaban J connectivity index is 1.96. The molecule has 0 unspecified atom stereocenters. The Morgan fingerprint density at radius 1 is 1.14 bits per heavy atom. The quantitative estimate of drug-likeness (QED) is 0.690. The fourth-order valence-electron chi connectivity index (χ4n) is 2.51. The minimum Gasteiger partial charge on any atom is -0.354 e. The maximum Gasteiger partial charge on any atom is 0.269 e. The van der Waals surface area contributed by atoms with E-state index in [1.807, 2.05) is 12.1 Å². The highest BCUT2D eigenvalue weighted by atomic mass is 16.6. The van der Waals surface area contributed by atoms with Crippen LogP contribution in [0, 0.1) is 10.1 Å². The molecule has 108 valence electrons.